The highest BCUT2D eigenvalue weighted by Crippen LogP contribution is 2.44. The number of piperidine rings is 1. The Balaban J connectivity index is 1.07. The zero-order valence-corrected chi connectivity index (χ0v) is 36.8. The fourth-order valence-corrected chi connectivity index (χ4v) is 9.53. The van der Waals surface area contributed by atoms with Crippen LogP contribution in [0.3, 0.4) is 0 Å². The molecule has 11 heteroatoms. The molecule has 7 rings (SSSR count). The highest BCUT2D eigenvalue weighted by Gasteiger charge is 2.46. The summed E-state index contributed by atoms with van der Waals surface area (Å²) in [5, 5.41) is 18.7. The number of aliphatic hydroxyl groups is 1. The van der Waals surface area contributed by atoms with Crippen molar-refractivity contribution in [3.63, 3.8) is 0 Å². The van der Waals surface area contributed by atoms with Crippen molar-refractivity contribution >= 4 is 17.9 Å². The van der Waals surface area contributed by atoms with E-state index in [1.54, 1.807) is 0 Å². The van der Waals surface area contributed by atoms with E-state index in [9.17, 15) is 19.5 Å². The van der Waals surface area contributed by atoms with Gasteiger partial charge in [0.25, 0.3) is 0 Å². The molecule has 2 saturated heterocycles. The van der Waals surface area contributed by atoms with Gasteiger partial charge in [-0.05, 0) is 91.8 Å². The van der Waals surface area contributed by atoms with Gasteiger partial charge in [-0.15, -0.1) is 0 Å². The smallest absolute Gasteiger partial charge is 0.328 e. The third-order valence-corrected chi connectivity index (χ3v) is 12.8. The number of hydrogen-bond donors (Lipinski definition) is 4. The lowest BCUT2D eigenvalue weighted by molar-refractivity contribution is -0.278. The van der Waals surface area contributed by atoms with E-state index < -0.39 is 24.3 Å². The number of ether oxygens (including phenoxy) is 3. The molecule has 0 radical (unpaired) electrons. The number of carbonyl (C=O) groups excluding carboxylic acids is 3. The Morgan fingerprint density at radius 3 is 2.23 bits per heavy atom. The summed E-state index contributed by atoms with van der Waals surface area (Å²) < 4.78 is 18.8. The molecule has 0 aromatic heterocycles. The summed E-state index contributed by atoms with van der Waals surface area (Å²) in [4.78, 5) is 41.9. The first-order chi connectivity index (χ1) is 29.9. The van der Waals surface area contributed by atoms with Crippen molar-refractivity contribution in [2.45, 2.75) is 128 Å². The second kappa shape index (κ2) is 20.4. The highest BCUT2D eigenvalue weighted by atomic mass is 16.7. The molecule has 3 aliphatic rings. The molecule has 0 spiro atoms. The third kappa shape index (κ3) is 11.3. The second-order valence-corrected chi connectivity index (χ2v) is 18.4. The van der Waals surface area contributed by atoms with Crippen LogP contribution < -0.4 is 16.0 Å². The maximum absolute atomic E-state index is 13.9. The van der Waals surface area contributed by atoms with Crippen LogP contribution >= 0.6 is 0 Å². The number of esters is 1. The van der Waals surface area contributed by atoms with Gasteiger partial charge in [0.15, 0.2) is 6.29 Å². The Morgan fingerprint density at radius 2 is 1.52 bits per heavy atom. The maximum Gasteiger partial charge on any atom is 0.328 e. The van der Waals surface area contributed by atoms with Gasteiger partial charge in [-0.1, -0.05) is 117 Å². The molecule has 4 aromatic carbocycles. The van der Waals surface area contributed by atoms with E-state index in [0.29, 0.717) is 24.9 Å². The van der Waals surface area contributed by atoms with Gasteiger partial charge < -0.3 is 35.3 Å². The molecule has 62 heavy (non-hydrogen) atoms. The molecular weight excluding hydrogens is 781 g/mol. The molecule has 8 atom stereocenters. The highest BCUT2D eigenvalue weighted by molar-refractivity contribution is 5.84. The first kappa shape index (κ1) is 45.0. The quantitative estimate of drug-likeness (QED) is 0.0990. The summed E-state index contributed by atoms with van der Waals surface area (Å²) in [6, 6.07) is 32.5. The van der Waals surface area contributed by atoms with Gasteiger partial charge in [-0.3, -0.25) is 9.69 Å². The van der Waals surface area contributed by atoms with Crippen molar-refractivity contribution < 1.29 is 33.7 Å². The SMILES string of the molecule is COC(=O)[C@H](Cc1ccccc1)NC(=O)NCc1cccc(-c2ccc([C@H]3O[C@@H](CN4[C@@H](C(=O)NC(C)(C)C)CC[C@H]5CCCC[C@H]54)[C@@H](C)[C@@H](c4ccc(CO)cc4)O3)cc2)c1. The average molecular weight is 845 g/mol. The zero-order valence-electron chi connectivity index (χ0n) is 36.8. The van der Waals surface area contributed by atoms with Crippen LogP contribution in [0.5, 0.6) is 0 Å². The number of fused-ring (bicyclic) bond motifs is 1. The fourth-order valence-electron chi connectivity index (χ4n) is 9.53. The number of amides is 3. The first-order valence-corrected chi connectivity index (χ1v) is 22.3. The Kier molecular flexibility index (Phi) is 14.8. The molecule has 0 bridgehead atoms. The maximum atomic E-state index is 13.9. The van der Waals surface area contributed by atoms with Crippen molar-refractivity contribution in [2.75, 3.05) is 13.7 Å². The Bertz CT molecular complexity index is 2110. The van der Waals surface area contributed by atoms with Crippen LogP contribution in [0.2, 0.25) is 0 Å². The van der Waals surface area contributed by atoms with E-state index in [1.165, 1.54) is 26.4 Å². The molecular formula is C51H64N4O7. The van der Waals surface area contributed by atoms with Gasteiger partial charge in [0.05, 0.1) is 32.0 Å². The molecule has 4 aromatic rings. The summed E-state index contributed by atoms with van der Waals surface area (Å²) >= 11 is 0. The minimum atomic E-state index is -0.823. The van der Waals surface area contributed by atoms with Crippen LogP contribution in [0.4, 0.5) is 4.79 Å². The van der Waals surface area contributed by atoms with Crippen molar-refractivity contribution in [1.82, 2.24) is 20.9 Å². The lowest BCUT2D eigenvalue weighted by Crippen LogP contribution is -2.61. The second-order valence-electron chi connectivity index (χ2n) is 18.4. The summed E-state index contributed by atoms with van der Waals surface area (Å²) in [6.45, 7) is 9.18. The number of urea groups is 1. The van der Waals surface area contributed by atoms with Crippen molar-refractivity contribution in [3.8, 4) is 11.1 Å². The van der Waals surface area contributed by atoms with Crippen molar-refractivity contribution in [3.05, 3.63) is 131 Å². The van der Waals surface area contributed by atoms with Gasteiger partial charge in [-0.2, -0.15) is 0 Å². The molecule has 2 heterocycles. The molecule has 1 aliphatic carbocycles. The number of carbonyl (C=O) groups is 3. The number of rotatable bonds is 13. The standard InChI is InChI=1S/C51H64N4O7/c1-33-45(31-55-43-17-10-9-15-38(43)26-27-44(55)47(57)54-51(2,3)4)61-49(62-46(33)39-20-18-35(32-56)19-21-39)40-24-22-37(23-25-40)41-16-11-14-36(28-41)30-52-50(59)53-42(48(58)60-5)29-34-12-7-6-8-13-34/h6-8,11-14,16,18-25,28,33,38,42-46,49,56H,9-10,15,17,26-27,29-32H2,1-5H3,(H,54,57)(H2,52,53,59)/t33-,38-,42+,43-,44-,45+,46+,49+/m1/s1. The van der Waals surface area contributed by atoms with E-state index in [1.807, 2.05) is 99.6 Å². The number of hydrogen-bond acceptors (Lipinski definition) is 8. The van der Waals surface area contributed by atoms with Crippen LogP contribution in [0.1, 0.15) is 106 Å². The number of likely N-dealkylation sites (tertiary alicyclic amines) is 1. The van der Waals surface area contributed by atoms with Gasteiger partial charge >= 0.3 is 12.0 Å². The molecule has 0 unspecified atom stereocenters. The van der Waals surface area contributed by atoms with Gasteiger partial charge in [0.1, 0.15) is 6.04 Å². The predicted molar refractivity (Wildman–Crippen MR) is 240 cm³/mol. The normalized spacial score (nSPS) is 24.6. The summed E-state index contributed by atoms with van der Waals surface area (Å²) in [6.07, 6.45) is 5.80. The van der Waals surface area contributed by atoms with Crippen LogP contribution in [0.15, 0.2) is 103 Å². The number of benzene rings is 4. The topological polar surface area (TPSA) is 138 Å². The molecule has 330 valence electrons. The number of aliphatic hydroxyl groups excluding tert-OH is 1. The van der Waals surface area contributed by atoms with Crippen LogP contribution in [0.25, 0.3) is 11.1 Å². The van der Waals surface area contributed by atoms with Crippen LogP contribution in [0, 0.1) is 11.8 Å². The van der Waals surface area contributed by atoms with E-state index >= 15 is 0 Å². The Morgan fingerprint density at radius 1 is 0.806 bits per heavy atom. The largest absolute Gasteiger partial charge is 0.467 e. The molecule has 4 N–H and O–H groups in total. The lowest BCUT2D eigenvalue weighted by Gasteiger charge is -2.51. The summed E-state index contributed by atoms with van der Waals surface area (Å²) in [7, 11) is 1.31. The van der Waals surface area contributed by atoms with Crippen LogP contribution in [-0.4, -0.2) is 71.3 Å². The average Bonchev–Trinajstić information content (AvgIpc) is 3.28. The fraction of sp³-hybridized carbons (Fsp3) is 0.471. The summed E-state index contributed by atoms with van der Waals surface area (Å²) in [5.41, 5.74) is 6.23. The van der Waals surface area contributed by atoms with E-state index in [-0.39, 0.29) is 48.8 Å². The van der Waals surface area contributed by atoms with Gasteiger partial charge in [0, 0.05) is 42.6 Å². The van der Waals surface area contributed by atoms with Crippen molar-refractivity contribution in [2.24, 2.45) is 11.8 Å². The molecule has 2 aliphatic heterocycles. The third-order valence-electron chi connectivity index (χ3n) is 12.8. The van der Waals surface area contributed by atoms with Crippen molar-refractivity contribution in [1.29, 1.82) is 0 Å². The molecule has 1 saturated carbocycles. The monoisotopic (exact) mass is 844 g/mol. The number of nitrogens with zero attached hydrogens (tertiary/aromatic N) is 1. The Labute approximate surface area is 366 Å². The zero-order chi connectivity index (χ0) is 43.8. The summed E-state index contributed by atoms with van der Waals surface area (Å²) in [5.74, 6) is 0.149. The molecule has 3 amide bonds. The molecule has 11 nitrogen and oxygen atoms in total. The number of nitrogens with one attached hydrogen (secondary N) is 3. The van der Waals surface area contributed by atoms with Gasteiger partial charge in [0.2, 0.25) is 5.91 Å². The van der Waals surface area contributed by atoms with Crippen LogP contribution in [-0.2, 0) is 43.4 Å². The molecule has 3 fully saturated rings. The minimum Gasteiger partial charge on any atom is -0.467 e. The Hall–Kier alpha value is -5.07. The predicted octanol–water partition coefficient (Wildman–Crippen LogP) is 8.16. The van der Waals surface area contributed by atoms with E-state index in [0.717, 1.165) is 58.2 Å². The van der Waals surface area contributed by atoms with E-state index in [2.05, 4.69) is 52.0 Å². The van der Waals surface area contributed by atoms with Gasteiger partial charge in [-0.25, -0.2) is 9.59 Å². The minimum absolute atomic E-state index is 0.0190. The first-order valence-electron chi connectivity index (χ1n) is 22.3. The van der Waals surface area contributed by atoms with E-state index in [4.69, 9.17) is 14.2 Å². The lowest BCUT2D eigenvalue weighted by atomic mass is 9.75. The number of methoxy groups -OCH3 is 1.